The van der Waals surface area contributed by atoms with Crippen molar-refractivity contribution in [2.75, 3.05) is 6.54 Å². The molecule has 2 fully saturated rings. The summed E-state index contributed by atoms with van der Waals surface area (Å²) in [6, 6.07) is 9.72. The summed E-state index contributed by atoms with van der Waals surface area (Å²) >= 11 is 1.41. The molecule has 2 N–H and O–H groups in total. The Labute approximate surface area is 155 Å². The number of amides is 3. The van der Waals surface area contributed by atoms with Crippen molar-refractivity contribution in [2.24, 2.45) is 5.92 Å². The molecule has 1 aliphatic heterocycles. The number of likely N-dealkylation sites (tertiary alicyclic amines) is 1. The highest BCUT2D eigenvalue weighted by atomic mass is 32.1. The first-order valence-corrected chi connectivity index (χ1v) is 9.61. The molecule has 1 saturated heterocycles. The number of hydrogen-bond donors (Lipinski definition) is 2. The summed E-state index contributed by atoms with van der Waals surface area (Å²) in [5, 5.41) is 7.82. The highest BCUT2D eigenvalue weighted by molar-refractivity contribution is 7.12. The minimum absolute atomic E-state index is 0.0109. The van der Waals surface area contributed by atoms with Gasteiger partial charge in [-0.15, -0.1) is 11.3 Å². The molecule has 3 unspecified atom stereocenters. The van der Waals surface area contributed by atoms with Gasteiger partial charge in [0.15, 0.2) is 0 Å². The highest BCUT2D eigenvalue weighted by Gasteiger charge is 2.47. The fraction of sp³-hybridized carbons (Fsp3) is 0.368. The van der Waals surface area contributed by atoms with Gasteiger partial charge >= 0.3 is 6.03 Å². The molecule has 1 aromatic heterocycles. The summed E-state index contributed by atoms with van der Waals surface area (Å²) in [6.45, 7) is 1.00. The first-order valence-electron chi connectivity index (χ1n) is 8.73. The second kappa shape index (κ2) is 7.07. The van der Waals surface area contributed by atoms with Crippen molar-refractivity contribution in [1.82, 2.24) is 15.5 Å². The number of nitrogens with zero attached hydrogens (tertiary/aromatic N) is 1. The Balaban J connectivity index is 1.35. The second-order valence-corrected chi connectivity index (χ2v) is 7.85. The van der Waals surface area contributed by atoms with Crippen LogP contribution in [0.25, 0.3) is 0 Å². The summed E-state index contributed by atoms with van der Waals surface area (Å²) in [7, 11) is 0. The van der Waals surface area contributed by atoms with Crippen LogP contribution in [0.15, 0.2) is 41.8 Å². The molecule has 0 radical (unpaired) electrons. The lowest BCUT2D eigenvalue weighted by atomic mass is 10.1. The van der Waals surface area contributed by atoms with Gasteiger partial charge in [0.25, 0.3) is 5.91 Å². The average Bonchev–Trinajstić information content (AvgIpc) is 3.36. The molecule has 0 spiro atoms. The van der Waals surface area contributed by atoms with Crippen LogP contribution in [-0.4, -0.2) is 35.5 Å². The largest absolute Gasteiger partial charge is 0.347 e. The lowest BCUT2D eigenvalue weighted by Gasteiger charge is -2.33. The monoisotopic (exact) mass is 373 g/mol. The third-order valence-electron chi connectivity index (χ3n) is 5.14. The fourth-order valence-electron chi connectivity index (χ4n) is 3.99. The number of benzene rings is 1. The Morgan fingerprint density at radius 1 is 1.23 bits per heavy atom. The van der Waals surface area contributed by atoms with E-state index in [-0.39, 0.29) is 36.4 Å². The summed E-state index contributed by atoms with van der Waals surface area (Å²) in [4.78, 5) is 27.4. The van der Waals surface area contributed by atoms with Gasteiger partial charge in [-0.1, -0.05) is 18.2 Å². The number of piperidine rings is 1. The standard InChI is InChI=1S/C19H20FN3O2S/c20-14-4-1-3-12(7-14)10-21-19(25)23-11-13-8-15(16(23)9-13)22-18(24)17-5-2-6-26-17/h1-7,13,15-16H,8-11H2,(H,21,25)(H,22,24). The van der Waals surface area contributed by atoms with E-state index in [4.69, 9.17) is 0 Å². The third-order valence-corrected chi connectivity index (χ3v) is 6.01. The molecule has 1 aromatic carbocycles. The van der Waals surface area contributed by atoms with Crippen LogP contribution in [0.2, 0.25) is 0 Å². The van der Waals surface area contributed by atoms with E-state index >= 15 is 0 Å². The molecular formula is C19H20FN3O2S. The molecule has 7 heteroatoms. The molecule has 4 rings (SSSR count). The van der Waals surface area contributed by atoms with Gasteiger partial charge in [0.2, 0.25) is 0 Å². The van der Waals surface area contributed by atoms with Gasteiger partial charge in [-0.05, 0) is 47.9 Å². The molecular weight excluding hydrogens is 353 g/mol. The minimum atomic E-state index is -0.312. The Bertz CT molecular complexity index is 811. The molecule has 26 heavy (non-hydrogen) atoms. The van der Waals surface area contributed by atoms with E-state index < -0.39 is 0 Å². The first-order chi connectivity index (χ1) is 12.6. The maximum atomic E-state index is 13.2. The maximum Gasteiger partial charge on any atom is 0.317 e. The van der Waals surface area contributed by atoms with Crippen LogP contribution in [0.4, 0.5) is 9.18 Å². The Morgan fingerprint density at radius 3 is 2.85 bits per heavy atom. The van der Waals surface area contributed by atoms with Gasteiger partial charge in [-0.2, -0.15) is 0 Å². The molecule has 2 bridgehead atoms. The van der Waals surface area contributed by atoms with Gasteiger partial charge in [0.1, 0.15) is 5.82 Å². The molecule has 3 atom stereocenters. The van der Waals surface area contributed by atoms with Crippen LogP contribution in [0.3, 0.4) is 0 Å². The predicted molar refractivity (Wildman–Crippen MR) is 97.4 cm³/mol. The zero-order chi connectivity index (χ0) is 18.1. The number of halogens is 1. The molecule has 3 amide bonds. The third kappa shape index (κ3) is 3.44. The topological polar surface area (TPSA) is 61.4 Å². The van der Waals surface area contributed by atoms with Crippen molar-refractivity contribution in [3.63, 3.8) is 0 Å². The van der Waals surface area contributed by atoms with Crippen molar-refractivity contribution in [3.8, 4) is 0 Å². The number of thiophene rings is 1. The van der Waals surface area contributed by atoms with Gasteiger partial charge in [0.05, 0.1) is 17.0 Å². The molecule has 1 aliphatic carbocycles. The van der Waals surface area contributed by atoms with Crippen LogP contribution in [0.5, 0.6) is 0 Å². The molecule has 2 aliphatic rings. The van der Waals surface area contributed by atoms with Crippen LogP contribution in [0, 0.1) is 11.7 Å². The van der Waals surface area contributed by atoms with Gasteiger partial charge < -0.3 is 15.5 Å². The Hall–Kier alpha value is -2.41. The number of rotatable bonds is 4. The molecule has 5 nitrogen and oxygen atoms in total. The highest BCUT2D eigenvalue weighted by Crippen LogP contribution is 2.38. The van der Waals surface area contributed by atoms with Crippen LogP contribution in [0.1, 0.15) is 28.1 Å². The van der Waals surface area contributed by atoms with E-state index in [1.54, 1.807) is 18.2 Å². The number of carbonyl (C=O) groups excluding carboxylic acids is 2. The quantitative estimate of drug-likeness (QED) is 0.866. The fourth-order valence-corrected chi connectivity index (χ4v) is 4.61. The molecule has 136 valence electrons. The van der Waals surface area contributed by atoms with Crippen molar-refractivity contribution in [2.45, 2.75) is 31.5 Å². The van der Waals surface area contributed by atoms with Crippen LogP contribution >= 0.6 is 11.3 Å². The normalized spacial score (nSPS) is 23.9. The number of carbonyl (C=O) groups is 2. The van der Waals surface area contributed by atoms with Gasteiger partial charge in [-0.25, -0.2) is 9.18 Å². The zero-order valence-electron chi connectivity index (χ0n) is 14.2. The van der Waals surface area contributed by atoms with E-state index in [9.17, 15) is 14.0 Å². The lowest BCUT2D eigenvalue weighted by molar-refractivity contribution is 0.0906. The number of fused-ring (bicyclic) bond motifs is 2. The van der Waals surface area contributed by atoms with E-state index in [2.05, 4.69) is 10.6 Å². The maximum absolute atomic E-state index is 13.2. The van der Waals surface area contributed by atoms with Crippen molar-refractivity contribution >= 4 is 23.3 Å². The second-order valence-electron chi connectivity index (χ2n) is 6.90. The predicted octanol–water partition coefficient (Wildman–Crippen LogP) is 2.99. The van der Waals surface area contributed by atoms with Gasteiger partial charge in [0, 0.05) is 13.1 Å². The zero-order valence-corrected chi connectivity index (χ0v) is 15.0. The van der Waals surface area contributed by atoms with Crippen molar-refractivity contribution in [1.29, 1.82) is 0 Å². The van der Waals surface area contributed by atoms with E-state index in [1.165, 1.54) is 23.5 Å². The Kier molecular flexibility index (Phi) is 4.63. The SMILES string of the molecule is O=C(NC1CC2CC1N(C(=O)NCc1cccc(F)c1)C2)c1cccs1. The minimum Gasteiger partial charge on any atom is -0.347 e. The smallest absolute Gasteiger partial charge is 0.317 e. The average molecular weight is 373 g/mol. The summed E-state index contributed by atoms with van der Waals surface area (Å²) < 4.78 is 13.2. The van der Waals surface area contributed by atoms with Gasteiger partial charge in [-0.3, -0.25) is 4.79 Å². The first kappa shape index (κ1) is 17.0. The lowest BCUT2D eigenvalue weighted by Crippen LogP contribution is -2.54. The van der Waals surface area contributed by atoms with Crippen molar-refractivity contribution < 1.29 is 14.0 Å². The molecule has 2 heterocycles. The number of urea groups is 1. The van der Waals surface area contributed by atoms with E-state index in [0.29, 0.717) is 17.3 Å². The van der Waals surface area contributed by atoms with Crippen molar-refractivity contribution in [3.05, 3.63) is 58.0 Å². The number of nitrogens with one attached hydrogen (secondary N) is 2. The molecule has 2 aromatic rings. The summed E-state index contributed by atoms with van der Waals surface area (Å²) in [5.41, 5.74) is 0.727. The van der Waals surface area contributed by atoms with E-state index in [1.807, 2.05) is 16.3 Å². The van der Waals surface area contributed by atoms with Crippen LogP contribution in [-0.2, 0) is 6.54 Å². The van der Waals surface area contributed by atoms with E-state index in [0.717, 1.165) is 18.4 Å². The van der Waals surface area contributed by atoms with Crippen LogP contribution < -0.4 is 10.6 Å². The molecule has 1 saturated carbocycles. The Morgan fingerprint density at radius 2 is 2.12 bits per heavy atom. The summed E-state index contributed by atoms with van der Waals surface area (Å²) in [6.07, 6.45) is 1.83. The summed E-state index contributed by atoms with van der Waals surface area (Å²) in [5.74, 6) is 0.0413. The number of hydrogen-bond acceptors (Lipinski definition) is 3.